The largest absolute Gasteiger partial charge is 0.462 e. The van der Waals surface area contributed by atoms with E-state index in [1.807, 2.05) is 0 Å². The lowest BCUT2D eigenvalue weighted by atomic mass is 10.1. The zero-order valence-corrected chi connectivity index (χ0v) is 53.7. The van der Waals surface area contributed by atoms with Crippen molar-refractivity contribution in [2.45, 2.75) is 297 Å². The van der Waals surface area contributed by atoms with E-state index < -0.39 is 6.10 Å². The normalized spacial score (nSPS) is 13.1. The van der Waals surface area contributed by atoms with Crippen molar-refractivity contribution in [1.29, 1.82) is 0 Å². The molecule has 0 aliphatic rings. The molecule has 0 radical (unpaired) electrons. The van der Waals surface area contributed by atoms with Crippen LogP contribution in [0.3, 0.4) is 0 Å². The Balaban J connectivity index is 4.44. The van der Waals surface area contributed by atoms with Gasteiger partial charge in [0.05, 0.1) is 0 Å². The van der Waals surface area contributed by atoms with Gasteiger partial charge in [0.25, 0.3) is 0 Å². The molecule has 0 spiro atoms. The van der Waals surface area contributed by atoms with Gasteiger partial charge in [-0.25, -0.2) is 0 Å². The standard InChI is InChI=1S/C77H124O6/c1-4-7-10-13-16-19-22-25-28-30-32-34-36-38-40-42-44-46-49-52-55-58-61-64-67-70-76(79)82-73-74(72-81-75(78)69-66-63-60-57-54-51-48-27-24-21-18-15-12-9-6-3)83-77(80)71-68-65-62-59-56-53-50-47-45-43-41-39-37-35-33-31-29-26-23-20-17-14-11-8-5-2/h7-8,10-11,16-21,25-29,32-35,38-41,44,46,48,74H,4-6,9,12-15,22-24,30-31,36-37,42-43,45,47,49-73H2,1-3H3/b10-7-,11-8-,19-16-,20-17-,21-18-,28-25-,29-26-,34-32-,35-33-,40-38-,41-39-,46-44-,48-27-. The third kappa shape index (κ3) is 67.7. The number of esters is 3. The summed E-state index contributed by atoms with van der Waals surface area (Å²) in [7, 11) is 0. The van der Waals surface area contributed by atoms with Crippen molar-refractivity contribution in [2.24, 2.45) is 0 Å². The van der Waals surface area contributed by atoms with Gasteiger partial charge in [-0.2, -0.15) is 0 Å². The summed E-state index contributed by atoms with van der Waals surface area (Å²) in [6, 6.07) is 0. The van der Waals surface area contributed by atoms with Crippen molar-refractivity contribution in [3.63, 3.8) is 0 Å². The molecule has 0 bridgehead atoms. The number of unbranched alkanes of at least 4 members (excludes halogenated alkanes) is 23. The van der Waals surface area contributed by atoms with Gasteiger partial charge in [-0.05, 0) is 148 Å². The van der Waals surface area contributed by atoms with Gasteiger partial charge in [-0.1, -0.05) is 281 Å². The summed E-state index contributed by atoms with van der Waals surface area (Å²) < 4.78 is 16.9. The average Bonchev–Trinajstić information content (AvgIpc) is 3.49. The van der Waals surface area contributed by atoms with Crippen LogP contribution in [-0.4, -0.2) is 37.2 Å². The van der Waals surface area contributed by atoms with E-state index in [0.717, 1.165) is 173 Å². The smallest absolute Gasteiger partial charge is 0.306 e. The van der Waals surface area contributed by atoms with Crippen LogP contribution in [0.1, 0.15) is 290 Å². The van der Waals surface area contributed by atoms with Gasteiger partial charge >= 0.3 is 17.9 Å². The fourth-order valence-corrected chi connectivity index (χ4v) is 8.97. The molecule has 0 saturated heterocycles. The minimum atomic E-state index is -0.804. The van der Waals surface area contributed by atoms with Gasteiger partial charge < -0.3 is 14.2 Å². The Morgan fingerprint density at radius 1 is 0.253 bits per heavy atom. The van der Waals surface area contributed by atoms with Crippen molar-refractivity contribution in [1.82, 2.24) is 0 Å². The first kappa shape index (κ1) is 78.0. The molecular weight excluding hydrogens is 1020 g/mol. The molecule has 1 unspecified atom stereocenters. The molecule has 0 amide bonds. The van der Waals surface area contributed by atoms with Gasteiger partial charge in [0, 0.05) is 19.3 Å². The number of rotatable bonds is 60. The molecular formula is C77H124O6. The maximum Gasteiger partial charge on any atom is 0.306 e. The topological polar surface area (TPSA) is 78.9 Å². The maximum atomic E-state index is 13.0. The fraction of sp³-hybridized carbons (Fsp3) is 0.623. The number of allylic oxidation sites excluding steroid dienone is 26. The highest BCUT2D eigenvalue weighted by Gasteiger charge is 2.19. The summed E-state index contributed by atoms with van der Waals surface area (Å²) in [5.74, 6) is -0.930. The van der Waals surface area contributed by atoms with Crippen molar-refractivity contribution < 1.29 is 28.6 Å². The van der Waals surface area contributed by atoms with Crippen LogP contribution in [0.5, 0.6) is 0 Å². The molecule has 0 aromatic rings. The number of ether oxygens (including phenoxy) is 3. The first-order valence-electron chi connectivity index (χ1n) is 34.0. The highest BCUT2D eigenvalue weighted by molar-refractivity contribution is 5.71. The molecule has 0 aromatic carbocycles. The second-order valence-corrected chi connectivity index (χ2v) is 22.0. The van der Waals surface area contributed by atoms with Crippen molar-refractivity contribution in [3.8, 4) is 0 Å². The van der Waals surface area contributed by atoms with Crippen LogP contribution in [0.2, 0.25) is 0 Å². The summed E-state index contributed by atoms with van der Waals surface area (Å²) in [6.45, 7) is 6.37. The number of carbonyl (C=O) groups excluding carboxylic acids is 3. The quantitative estimate of drug-likeness (QED) is 0.0261. The first-order chi connectivity index (χ1) is 41.0. The van der Waals surface area contributed by atoms with Crippen LogP contribution in [0.4, 0.5) is 0 Å². The fourth-order valence-electron chi connectivity index (χ4n) is 8.97. The zero-order chi connectivity index (χ0) is 59.9. The Labute approximate surface area is 511 Å². The molecule has 1 atom stereocenters. The SMILES string of the molecule is CC/C=C\C/C=C\C/C=C\C/C=C\C/C=C\C/C=C\CCCCCCCCC(=O)OCC(COC(=O)CCCCCCC/C=C\C/C=C\CCCCC)OC(=O)CCCCCCCCCCC/C=C\C/C=C\C/C=C\C/C=C\C/C=C\CC. The number of hydrogen-bond acceptors (Lipinski definition) is 6. The molecule has 468 valence electrons. The van der Waals surface area contributed by atoms with Crippen LogP contribution in [-0.2, 0) is 28.6 Å². The van der Waals surface area contributed by atoms with E-state index in [9.17, 15) is 14.4 Å². The average molecular weight is 1150 g/mol. The second-order valence-electron chi connectivity index (χ2n) is 22.0. The Morgan fingerprint density at radius 3 is 0.735 bits per heavy atom. The van der Waals surface area contributed by atoms with E-state index in [-0.39, 0.29) is 31.1 Å². The van der Waals surface area contributed by atoms with Crippen LogP contribution in [0, 0.1) is 0 Å². The summed E-state index contributed by atoms with van der Waals surface area (Å²) in [5.41, 5.74) is 0. The third-order valence-corrected chi connectivity index (χ3v) is 14.0. The lowest BCUT2D eigenvalue weighted by molar-refractivity contribution is -0.167. The van der Waals surface area contributed by atoms with Gasteiger partial charge in [-0.15, -0.1) is 0 Å². The van der Waals surface area contributed by atoms with Gasteiger partial charge in [-0.3, -0.25) is 14.4 Å². The van der Waals surface area contributed by atoms with Crippen molar-refractivity contribution in [3.05, 3.63) is 158 Å². The lowest BCUT2D eigenvalue weighted by Gasteiger charge is -2.18. The lowest BCUT2D eigenvalue weighted by Crippen LogP contribution is -2.30. The molecule has 0 aliphatic carbocycles. The molecule has 6 heteroatoms. The maximum absolute atomic E-state index is 13.0. The number of hydrogen-bond donors (Lipinski definition) is 0. The molecule has 0 saturated carbocycles. The van der Waals surface area contributed by atoms with Gasteiger partial charge in [0.15, 0.2) is 6.10 Å². The van der Waals surface area contributed by atoms with Gasteiger partial charge in [0.1, 0.15) is 13.2 Å². The van der Waals surface area contributed by atoms with Crippen LogP contribution in [0.15, 0.2) is 158 Å². The number of carbonyl (C=O) groups is 3. The highest BCUT2D eigenvalue weighted by Crippen LogP contribution is 2.15. The van der Waals surface area contributed by atoms with Crippen molar-refractivity contribution in [2.75, 3.05) is 13.2 Å². The van der Waals surface area contributed by atoms with E-state index in [1.165, 1.54) is 77.0 Å². The second kappa shape index (κ2) is 69.5. The molecule has 0 aromatic heterocycles. The zero-order valence-electron chi connectivity index (χ0n) is 53.7. The Morgan fingerprint density at radius 2 is 0.470 bits per heavy atom. The molecule has 0 heterocycles. The minimum Gasteiger partial charge on any atom is -0.462 e. The van der Waals surface area contributed by atoms with Crippen molar-refractivity contribution >= 4 is 17.9 Å². The molecule has 83 heavy (non-hydrogen) atoms. The molecule has 0 rings (SSSR count). The summed E-state index contributed by atoms with van der Waals surface area (Å²) in [5, 5.41) is 0. The van der Waals surface area contributed by atoms with Gasteiger partial charge in [0.2, 0.25) is 0 Å². The van der Waals surface area contributed by atoms with E-state index in [0.29, 0.717) is 19.3 Å². The molecule has 0 fully saturated rings. The molecule has 6 nitrogen and oxygen atoms in total. The molecule has 0 aliphatic heterocycles. The summed E-state index contributed by atoms with van der Waals surface area (Å²) in [6.07, 6.45) is 101. The summed E-state index contributed by atoms with van der Waals surface area (Å²) in [4.78, 5) is 38.4. The first-order valence-corrected chi connectivity index (χ1v) is 34.0. The molecule has 0 N–H and O–H groups in total. The Kier molecular flexibility index (Phi) is 65.4. The van der Waals surface area contributed by atoms with Crippen LogP contribution >= 0.6 is 0 Å². The van der Waals surface area contributed by atoms with Crippen LogP contribution in [0.25, 0.3) is 0 Å². The van der Waals surface area contributed by atoms with E-state index in [4.69, 9.17) is 14.2 Å². The van der Waals surface area contributed by atoms with E-state index >= 15 is 0 Å². The Bertz CT molecular complexity index is 1840. The monoisotopic (exact) mass is 1140 g/mol. The summed E-state index contributed by atoms with van der Waals surface area (Å²) >= 11 is 0. The third-order valence-electron chi connectivity index (χ3n) is 14.0. The Hall–Kier alpha value is -4.97. The van der Waals surface area contributed by atoms with E-state index in [1.54, 1.807) is 0 Å². The van der Waals surface area contributed by atoms with Crippen LogP contribution < -0.4 is 0 Å². The predicted octanol–water partition coefficient (Wildman–Crippen LogP) is 23.7. The predicted molar refractivity (Wildman–Crippen MR) is 362 cm³/mol. The highest BCUT2D eigenvalue weighted by atomic mass is 16.6. The van der Waals surface area contributed by atoms with E-state index in [2.05, 4.69) is 179 Å². The minimum absolute atomic E-state index is 0.0982.